The van der Waals surface area contributed by atoms with Gasteiger partial charge in [0.05, 0.1) is 35.9 Å². The molecule has 9 rings (SSSR count). The lowest BCUT2D eigenvalue weighted by molar-refractivity contribution is 0.276. The van der Waals surface area contributed by atoms with Crippen LogP contribution in [-0.4, -0.2) is 32.0 Å². The van der Waals surface area contributed by atoms with E-state index in [0.29, 0.717) is 18.1 Å². The molecule has 2 aliphatic carbocycles. The van der Waals surface area contributed by atoms with Crippen LogP contribution in [0.5, 0.6) is 0 Å². The van der Waals surface area contributed by atoms with Crippen LogP contribution in [0.25, 0.3) is 44.4 Å². The molecule has 2 aromatic heterocycles. The minimum absolute atomic E-state index is 0.369. The number of rotatable bonds is 5. The Hall–Kier alpha value is -3.74. The van der Waals surface area contributed by atoms with Gasteiger partial charge in [0.2, 0.25) is 0 Å². The highest BCUT2D eigenvalue weighted by Crippen LogP contribution is 2.46. The van der Waals surface area contributed by atoms with Gasteiger partial charge in [-0.3, -0.25) is 0 Å². The molecule has 2 aliphatic heterocycles. The third kappa shape index (κ3) is 3.77. The Bertz CT molecular complexity index is 1690. The topological polar surface area (TPSA) is 81.4 Å². The largest absolute Gasteiger partial charge is 0.341 e. The van der Waals surface area contributed by atoms with E-state index in [2.05, 4.69) is 81.3 Å². The number of piperidine rings is 1. The van der Waals surface area contributed by atoms with E-state index in [0.717, 1.165) is 40.9 Å². The molecule has 6 heteroatoms. The fourth-order valence-corrected chi connectivity index (χ4v) is 7.20. The maximum absolute atomic E-state index is 4.74. The van der Waals surface area contributed by atoms with Crippen molar-refractivity contribution in [2.45, 2.75) is 56.3 Å². The van der Waals surface area contributed by atoms with E-state index < -0.39 is 0 Å². The normalized spacial score (nSPS) is 28.8. The number of hydrogen-bond acceptors (Lipinski definition) is 4. The molecular formula is C33H32N6. The molecule has 6 atom stereocenters. The number of imidazole rings is 2. The molecule has 2 saturated carbocycles. The molecule has 39 heavy (non-hydrogen) atoms. The Labute approximate surface area is 227 Å². The van der Waals surface area contributed by atoms with Gasteiger partial charge in [0, 0.05) is 23.2 Å². The molecule has 0 bridgehead atoms. The number of H-pyrrole nitrogens is 2. The van der Waals surface area contributed by atoms with Crippen molar-refractivity contribution < 1.29 is 0 Å². The summed E-state index contributed by atoms with van der Waals surface area (Å²) in [7, 11) is 0. The smallest absolute Gasteiger partial charge is 0.123 e. The van der Waals surface area contributed by atoms with Crippen molar-refractivity contribution in [3.8, 4) is 33.6 Å². The summed E-state index contributed by atoms with van der Waals surface area (Å²) in [6, 6.07) is 24.4. The Balaban J connectivity index is 0.964. The van der Waals surface area contributed by atoms with Gasteiger partial charge in [0.25, 0.3) is 0 Å². The fraction of sp³-hybridized carbons (Fsp3) is 0.333. The van der Waals surface area contributed by atoms with Crippen LogP contribution >= 0.6 is 0 Å². The van der Waals surface area contributed by atoms with Crippen LogP contribution < -0.4 is 10.6 Å². The Morgan fingerprint density at radius 1 is 0.564 bits per heavy atom. The van der Waals surface area contributed by atoms with E-state index in [1.807, 2.05) is 12.4 Å². The second-order valence-electron chi connectivity index (χ2n) is 12.2. The summed E-state index contributed by atoms with van der Waals surface area (Å²) in [5.41, 5.74) is 6.96. The molecule has 4 fully saturated rings. The number of nitrogens with one attached hydrogen (secondary N) is 4. The van der Waals surface area contributed by atoms with E-state index in [4.69, 9.17) is 9.97 Å². The van der Waals surface area contributed by atoms with E-state index >= 15 is 0 Å². The highest BCUT2D eigenvalue weighted by atomic mass is 15.1. The zero-order chi connectivity index (χ0) is 25.5. The molecule has 1 unspecified atom stereocenters. The van der Waals surface area contributed by atoms with Crippen molar-refractivity contribution >= 4 is 10.8 Å². The summed E-state index contributed by atoms with van der Waals surface area (Å²) in [4.78, 5) is 16.6. The van der Waals surface area contributed by atoms with Gasteiger partial charge in [-0.25, -0.2) is 9.97 Å². The molecule has 5 aromatic rings. The molecule has 2 saturated heterocycles. The lowest BCUT2D eigenvalue weighted by Crippen LogP contribution is -2.35. The Morgan fingerprint density at radius 2 is 1.18 bits per heavy atom. The maximum atomic E-state index is 4.74. The fourth-order valence-electron chi connectivity index (χ4n) is 7.20. The van der Waals surface area contributed by atoms with Crippen molar-refractivity contribution in [3.63, 3.8) is 0 Å². The second-order valence-corrected chi connectivity index (χ2v) is 12.2. The number of nitrogens with zero attached hydrogens (tertiary/aromatic N) is 2. The summed E-state index contributed by atoms with van der Waals surface area (Å²) >= 11 is 0. The number of aromatic nitrogens is 4. The molecule has 4 heterocycles. The van der Waals surface area contributed by atoms with Crippen molar-refractivity contribution in [2.24, 2.45) is 11.8 Å². The molecule has 194 valence electrons. The van der Waals surface area contributed by atoms with Crippen LogP contribution in [0.15, 0.2) is 73.1 Å². The standard InChI is InChI=1S/C33H32N6/c1-2-18(11-22(3-1)30-16-34-33(38-30)29-15-25-14-27(25)37-29)19-4-5-21-12-23(7-6-20(21)10-19)31-17-35-32(39-31)28-13-24-8-9-26(24)36-28/h1-7,10-12,16-17,24-29,36-37H,8-9,13-15H2,(H,34,38)(H,35,39)/t24-,25?,26-,27-,28+,29+/m1/s1. The van der Waals surface area contributed by atoms with Crippen molar-refractivity contribution in [3.05, 3.63) is 84.7 Å². The minimum atomic E-state index is 0.369. The Kier molecular flexibility index (Phi) is 4.75. The first-order valence-electron chi connectivity index (χ1n) is 14.5. The molecule has 3 aromatic carbocycles. The summed E-state index contributed by atoms with van der Waals surface area (Å²) in [6.45, 7) is 0. The lowest BCUT2D eigenvalue weighted by atomic mass is 9.80. The lowest BCUT2D eigenvalue weighted by Gasteiger charge is -2.29. The van der Waals surface area contributed by atoms with Gasteiger partial charge in [-0.2, -0.15) is 0 Å². The average Bonchev–Trinajstić information content (AvgIpc) is 3.46. The van der Waals surface area contributed by atoms with Gasteiger partial charge in [-0.1, -0.05) is 42.5 Å². The van der Waals surface area contributed by atoms with Crippen molar-refractivity contribution in [1.29, 1.82) is 0 Å². The van der Waals surface area contributed by atoms with Crippen LogP contribution in [0.1, 0.15) is 55.8 Å². The molecule has 0 spiro atoms. The number of fused-ring (bicyclic) bond motifs is 3. The van der Waals surface area contributed by atoms with E-state index in [1.165, 1.54) is 65.1 Å². The van der Waals surface area contributed by atoms with E-state index in [-0.39, 0.29) is 0 Å². The van der Waals surface area contributed by atoms with Crippen LogP contribution in [0.2, 0.25) is 0 Å². The second kappa shape index (κ2) is 8.38. The molecule has 4 aliphatic rings. The predicted octanol–water partition coefficient (Wildman–Crippen LogP) is 6.52. The SMILES string of the molecule is c1cc(-c2ccc3cc(-c4cnc([C@@H]5C[C@H]6CC[C@H]6N5)[nH]4)ccc3c2)cc(-c2cnc([C@@H]3CC4C[C@H]4N3)[nH]2)c1. The highest BCUT2D eigenvalue weighted by Gasteiger charge is 2.46. The van der Waals surface area contributed by atoms with Gasteiger partial charge in [-0.05, 0) is 84.0 Å². The molecule has 4 N–H and O–H groups in total. The Morgan fingerprint density at radius 3 is 1.82 bits per heavy atom. The van der Waals surface area contributed by atoms with E-state index in [1.54, 1.807) is 0 Å². The van der Waals surface area contributed by atoms with Gasteiger partial charge < -0.3 is 20.6 Å². The first-order valence-corrected chi connectivity index (χ1v) is 14.5. The van der Waals surface area contributed by atoms with Crippen molar-refractivity contribution in [2.75, 3.05) is 0 Å². The summed E-state index contributed by atoms with van der Waals surface area (Å²) in [6.07, 6.45) is 10.4. The average molecular weight is 513 g/mol. The van der Waals surface area contributed by atoms with Crippen LogP contribution in [0.3, 0.4) is 0 Å². The molecular weight excluding hydrogens is 480 g/mol. The summed E-state index contributed by atoms with van der Waals surface area (Å²) in [5, 5.41) is 9.92. The molecule has 0 amide bonds. The van der Waals surface area contributed by atoms with Gasteiger partial charge in [0.15, 0.2) is 0 Å². The van der Waals surface area contributed by atoms with Crippen LogP contribution in [0, 0.1) is 11.8 Å². The van der Waals surface area contributed by atoms with E-state index in [9.17, 15) is 0 Å². The minimum Gasteiger partial charge on any atom is -0.341 e. The number of aromatic amines is 2. The van der Waals surface area contributed by atoms with Crippen LogP contribution in [0.4, 0.5) is 0 Å². The van der Waals surface area contributed by atoms with Crippen molar-refractivity contribution in [1.82, 2.24) is 30.6 Å². The van der Waals surface area contributed by atoms with Gasteiger partial charge in [0.1, 0.15) is 11.6 Å². The molecule has 0 radical (unpaired) electrons. The summed E-state index contributed by atoms with van der Waals surface area (Å²) < 4.78 is 0. The molecule has 6 nitrogen and oxygen atoms in total. The highest BCUT2D eigenvalue weighted by molar-refractivity contribution is 5.90. The third-order valence-electron chi connectivity index (χ3n) is 9.76. The number of benzene rings is 3. The van der Waals surface area contributed by atoms with Gasteiger partial charge >= 0.3 is 0 Å². The van der Waals surface area contributed by atoms with Gasteiger partial charge in [-0.15, -0.1) is 0 Å². The quantitative estimate of drug-likeness (QED) is 0.216. The number of hydrogen-bond donors (Lipinski definition) is 4. The first-order chi connectivity index (χ1) is 19.2. The summed E-state index contributed by atoms with van der Waals surface area (Å²) in [5.74, 6) is 3.85. The monoisotopic (exact) mass is 512 g/mol. The zero-order valence-corrected chi connectivity index (χ0v) is 21.8. The third-order valence-corrected chi connectivity index (χ3v) is 9.76. The van der Waals surface area contributed by atoms with Crippen LogP contribution in [-0.2, 0) is 0 Å². The maximum Gasteiger partial charge on any atom is 0.123 e. The zero-order valence-electron chi connectivity index (χ0n) is 21.8. The first kappa shape index (κ1) is 22.1. The predicted molar refractivity (Wildman–Crippen MR) is 154 cm³/mol.